The van der Waals surface area contributed by atoms with Crippen molar-refractivity contribution in [2.75, 3.05) is 11.5 Å². The molecule has 14 heteroatoms. The number of rotatable bonds is 3. The summed E-state index contributed by atoms with van der Waals surface area (Å²) in [6, 6.07) is 3.67. The number of benzene rings is 2. The topological polar surface area (TPSA) is 107 Å². The van der Waals surface area contributed by atoms with Crippen molar-refractivity contribution in [3.8, 4) is 5.75 Å². The van der Waals surface area contributed by atoms with E-state index in [-0.39, 0.29) is 41.5 Å². The molecule has 2 amide bonds. The molecule has 0 radical (unpaired) electrons. The van der Waals surface area contributed by atoms with Crippen LogP contribution in [0.15, 0.2) is 36.4 Å². The molecule has 0 bridgehead atoms. The summed E-state index contributed by atoms with van der Waals surface area (Å²) in [6.45, 7) is -0.726. The Labute approximate surface area is 215 Å². The Hall–Kier alpha value is -3.23. The van der Waals surface area contributed by atoms with Gasteiger partial charge in [0.25, 0.3) is 0 Å². The van der Waals surface area contributed by atoms with Crippen LogP contribution in [0.4, 0.5) is 36.4 Å². The molecule has 2 aromatic rings. The number of carbonyl (C=O) groups excluding carboxylic acids is 2. The van der Waals surface area contributed by atoms with Crippen LogP contribution in [-0.4, -0.2) is 39.5 Å². The summed E-state index contributed by atoms with van der Waals surface area (Å²) in [7, 11) is 0. The lowest BCUT2D eigenvalue weighted by Gasteiger charge is -2.44. The number of halogens is 7. The number of aromatic hydroxyl groups is 1. The van der Waals surface area contributed by atoms with Gasteiger partial charge >= 0.3 is 12.4 Å². The van der Waals surface area contributed by atoms with Gasteiger partial charge in [0.05, 0.1) is 41.4 Å². The molecule has 3 fully saturated rings. The van der Waals surface area contributed by atoms with Crippen molar-refractivity contribution in [1.29, 1.82) is 0 Å². The van der Waals surface area contributed by atoms with Crippen molar-refractivity contribution in [3.63, 3.8) is 0 Å². The minimum atomic E-state index is -5.22. The van der Waals surface area contributed by atoms with Gasteiger partial charge in [-0.25, -0.2) is 4.39 Å². The molecule has 7 nitrogen and oxygen atoms in total. The van der Waals surface area contributed by atoms with Crippen molar-refractivity contribution in [1.82, 2.24) is 0 Å². The SMILES string of the molecule is O=C1[C@H]2[C@H](C[C@H](CO)[C@@]3(O)O[C@H](c4ccc(O)c(F)c4)C[C@@H]23)C(=O)N1c1cc(C(F)(F)F)cc(C(F)(F)F)c1. The highest BCUT2D eigenvalue weighted by molar-refractivity contribution is 6.22. The zero-order valence-corrected chi connectivity index (χ0v) is 19.6. The molecule has 2 aromatic carbocycles. The van der Waals surface area contributed by atoms with Crippen LogP contribution in [0.1, 0.15) is 35.6 Å². The summed E-state index contributed by atoms with van der Waals surface area (Å²) in [4.78, 5) is 27.1. The van der Waals surface area contributed by atoms with E-state index < -0.39 is 94.7 Å². The fourth-order valence-electron chi connectivity index (χ4n) is 5.95. The molecule has 2 saturated heterocycles. The number of amides is 2. The van der Waals surface area contributed by atoms with Crippen molar-refractivity contribution < 1.29 is 60.4 Å². The van der Waals surface area contributed by atoms with E-state index in [1.165, 1.54) is 6.07 Å². The van der Waals surface area contributed by atoms with E-state index in [1.54, 1.807) is 0 Å². The number of ether oxygens (including phenoxy) is 1. The van der Waals surface area contributed by atoms with Crippen LogP contribution in [0, 0.1) is 29.5 Å². The second-order valence-corrected chi connectivity index (χ2v) is 9.93. The number of aliphatic hydroxyl groups is 2. The molecular formula is C25H20F7NO6. The second kappa shape index (κ2) is 8.89. The maximum Gasteiger partial charge on any atom is 0.416 e. The highest BCUT2D eigenvalue weighted by Crippen LogP contribution is 2.58. The lowest BCUT2D eigenvalue weighted by Crippen LogP contribution is -2.54. The zero-order chi connectivity index (χ0) is 28.7. The Morgan fingerprint density at radius 3 is 2.10 bits per heavy atom. The Morgan fingerprint density at radius 2 is 1.56 bits per heavy atom. The van der Waals surface area contributed by atoms with E-state index in [0.717, 1.165) is 12.1 Å². The van der Waals surface area contributed by atoms with E-state index >= 15 is 0 Å². The molecule has 6 atom stereocenters. The number of carbonyl (C=O) groups is 2. The van der Waals surface area contributed by atoms with E-state index in [2.05, 4.69) is 0 Å². The molecule has 0 unspecified atom stereocenters. The summed E-state index contributed by atoms with van der Waals surface area (Å²) >= 11 is 0. The second-order valence-electron chi connectivity index (χ2n) is 9.93. The number of fused-ring (bicyclic) bond motifs is 3. The number of hydrogen-bond donors (Lipinski definition) is 3. The van der Waals surface area contributed by atoms with Gasteiger partial charge in [0.1, 0.15) is 0 Å². The highest BCUT2D eigenvalue weighted by Gasteiger charge is 2.67. The standard InChI is InChI=1S/C25H20F7NO6/c26-17-3-10(1-2-18(17)35)19-8-16-20-15(7-13(9-34)23(16,38)39-19)21(36)33(22(20)37)14-5-11(24(27,28)29)4-12(6-14)25(30,31)32/h1-6,13,15-16,19-20,34-35,38H,7-9H2/t13-,15+,16+,19+,20+,23-/m1/s1. The van der Waals surface area contributed by atoms with Crippen LogP contribution in [0.3, 0.4) is 0 Å². The molecule has 3 N–H and O–H groups in total. The monoisotopic (exact) mass is 563 g/mol. The van der Waals surface area contributed by atoms with Crippen molar-refractivity contribution in [2.45, 2.75) is 37.1 Å². The minimum absolute atomic E-state index is 0.131. The summed E-state index contributed by atoms with van der Waals surface area (Å²) in [5.41, 5.74) is -4.21. The summed E-state index contributed by atoms with van der Waals surface area (Å²) in [6.07, 6.45) is -12.0. The van der Waals surface area contributed by atoms with Crippen LogP contribution in [-0.2, 0) is 26.7 Å². The van der Waals surface area contributed by atoms with Gasteiger partial charge in [0.15, 0.2) is 17.4 Å². The first kappa shape index (κ1) is 27.3. The molecule has 0 spiro atoms. The largest absolute Gasteiger partial charge is 0.505 e. The Balaban J connectivity index is 1.56. The Morgan fingerprint density at radius 1 is 0.949 bits per heavy atom. The third-order valence-corrected chi connectivity index (χ3v) is 7.76. The number of phenolic OH excluding ortho intramolecular Hbond substituents is 1. The number of nitrogens with zero attached hydrogens (tertiary/aromatic N) is 1. The fraction of sp³-hybridized carbons (Fsp3) is 0.440. The predicted octanol–water partition coefficient (Wildman–Crippen LogP) is 4.15. The highest BCUT2D eigenvalue weighted by atomic mass is 19.4. The number of anilines is 1. The van der Waals surface area contributed by atoms with Gasteiger partial charge in [0.2, 0.25) is 11.8 Å². The maximum absolute atomic E-state index is 14.0. The average molecular weight is 563 g/mol. The van der Waals surface area contributed by atoms with Crippen LogP contribution in [0.25, 0.3) is 0 Å². The predicted molar refractivity (Wildman–Crippen MR) is 116 cm³/mol. The van der Waals surface area contributed by atoms with E-state index in [4.69, 9.17) is 4.74 Å². The van der Waals surface area contributed by atoms with Crippen LogP contribution < -0.4 is 4.90 Å². The van der Waals surface area contributed by atoms with Crippen LogP contribution in [0.2, 0.25) is 0 Å². The molecule has 5 rings (SSSR count). The number of phenols is 1. The van der Waals surface area contributed by atoms with E-state index in [9.17, 15) is 55.6 Å². The van der Waals surface area contributed by atoms with Gasteiger partial charge in [0, 0.05) is 11.8 Å². The third kappa shape index (κ3) is 4.34. The van der Waals surface area contributed by atoms with Crippen LogP contribution >= 0.6 is 0 Å². The number of aliphatic hydroxyl groups excluding tert-OH is 1. The van der Waals surface area contributed by atoms with Gasteiger partial charge in [-0.3, -0.25) is 14.5 Å². The molecule has 1 aliphatic carbocycles. The van der Waals surface area contributed by atoms with Gasteiger partial charge < -0.3 is 20.1 Å². The first-order valence-corrected chi connectivity index (χ1v) is 11.7. The fourth-order valence-corrected chi connectivity index (χ4v) is 5.95. The first-order chi connectivity index (χ1) is 18.1. The molecule has 2 heterocycles. The quantitative estimate of drug-likeness (QED) is 0.383. The Bertz CT molecular complexity index is 1310. The minimum Gasteiger partial charge on any atom is -0.505 e. The van der Waals surface area contributed by atoms with Gasteiger partial charge in [-0.15, -0.1) is 0 Å². The zero-order valence-electron chi connectivity index (χ0n) is 19.6. The normalized spacial score (nSPS) is 31.0. The third-order valence-electron chi connectivity index (χ3n) is 7.76. The number of hydrogen-bond acceptors (Lipinski definition) is 6. The summed E-state index contributed by atoms with van der Waals surface area (Å²) in [5, 5.41) is 30.8. The molecule has 39 heavy (non-hydrogen) atoms. The van der Waals surface area contributed by atoms with E-state index in [0.29, 0.717) is 0 Å². The summed E-state index contributed by atoms with van der Waals surface area (Å²) < 4.78 is 100. The molecule has 2 aliphatic heterocycles. The van der Waals surface area contributed by atoms with Gasteiger partial charge in [-0.1, -0.05) is 6.07 Å². The Kier molecular flexibility index (Phi) is 6.24. The lowest BCUT2D eigenvalue weighted by atomic mass is 9.64. The molecule has 210 valence electrons. The molecule has 0 aromatic heterocycles. The van der Waals surface area contributed by atoms with E-state index in [1.807, 2.05) is 0 Å². The molecule has 3 aliphatic rings. The molecular weight excluding hydrogens is 543 g/mol. The van der Waals surface area contributed by atoms with Gasteiger partial charge in [-0.05, 0) is 48.7 Å². The number of imide groups is 1. The first-order valence-electron chi connectivity index (χ1n) is 11.7. The van der Waals surface area contributed by atoms with Crippen molar-refractivity contribution >= 4 is 17.5 Å². The van der Waals surface area contributed by atoms with Gasteiger partial charge in [-0.2, -0.15) is 26.3 Å². The maximum atomic E-state index is 14.0. The van der Waals surface area contributed by atoms with Crippen LogP contribution in [0.5, 0.6) is 5.75 Å². The van der Waals surface area contributed by atoms with Crippen molar-refractivity contribution in [2.24, 2.45) is 23.7 Å². The number of alkyl halides is 6. The molecule has 1 saturated carbocycles. The summed E-state index contributed by atoms with van der Waals surface area (Å²) in [5.74, 6) is -11.1. The van der Waals surface area contributed by atoms with Crippen molar-refractivity contribution in [3.05, 3.63) is 58.9 Å². The average Bonchev–Trinajstić information content (AvgIpc) is 3.32. The lowest BCUT2D eigenvalue weighted by molar-refractivity contribution is -0.274. The smallest absolute Gasteiger partial charge is 0.416 e.